The van der Waals surface area contributed by atoms with E-state index in [2.05, 4.69) is 9.97 Å². The quantitative estimate of drug-likeness (QED) is 0.811. The summed E-state index contributed by atoms with van der Waals surface area (Å²) < 4.78 is 1.53. The monoisotopic (exact) mass is 235 g/mol. The van der Waals surface area contributed by atoms with Crippen molar-refractivity contribution in [3.8, 4) is 0 Å². The molecule has 0 amide bonds. The van der Waals surface area contributed by atoms with Crippen LogP contribution in [0, 0.1) is 0 Å². The van der Waals surface area contributed by atoms with Gasteiger partial charge in [0.05, 0.1) is 0 Å². The van der Waals surface area contributed by atoms with Crippen molar-refractivity contribution in [3.05, 3.63) is 58.0 Å². The van der Waals surface area contributed by atoms with Crippen LogP contribution in [0.2, 0.25) is 5.15 Å². The Balaban J connectivity index is 2.11. The summed E-state index contributed by atoms with van der Waals surface area (Å²) in [5.74, 6) is 0. The van der Waals surface area contributed by atoms with E-state index in [1.807, 2.05) is 18.2 Å². The van der Waals surface area contributed by atoms with Crippen LogP contribution in [0.1, 0.15) is 5.69 Å². The predicted octanol–water partition coefficient (Wildman–Crippen LogP) is 1.53. The van der Waals surface area contributed by atoms with Crippen LogP contribution in [0.3, 0.4) is 0 Å². The van der Waals surface area contributed by atoms with E-state index in [-0.39, 0.29) is 10.7 Å². The molecule has 2 rings (SSSR count). The molecule has 0 unspecified atom stereocenters. The van der Waals surface area contributed by atoms with Gasteiger partial charge in [-0.2, -0.15) is 0 Å². The molecule has 0 spiro atoms. The maximum Gasteiger partial charge on any atom is 0.288 e. The second-order valence-electron chi connectivity index (χ2n) is 3.29. The van der Waals surface area contributed by atoms with Crippen molar-refractivity contribution < 1.29 is 0 Å². The smallest absolute Gasteiger partial charge is 0.288 e. The number of aromatic nitrogens is 3. The van der Waals surface area contributed by atoms with Crippen molar-refractivity contribution in [3.63, 3.8) is 0 Å². The van der Waals surface area contributed by atoms with Crippen LogP contribution in [0.15, 0.2) is 41.6 Å². The van der Waals surface area contributed by atoms with E-state index < -0.39 is 0 Å². The molecule has 2 aromatic heterocycles. The van der Waals surface area contributed by atoms with E-state index in [4.69, 9.17) is 11.6 Å². The topological polar surface area (TPSA) is 47.8 Å². The molecule has 0 saturated carbocycles. The van der Waals surface area contributed by atoms with Crippen molar-refractivity contribution in [1.82, 2.24) is 14.5 Å². The molecule has 0 bridgehead atoms. The molecule has 0 aliphatic rings. The number of nitrogens with zero attached hydrogens (tertiary/aromatic N) is 3. The van der Waals surface area contributed by atoms with Crippen LogP contribution in [-0.2, 0) is 13.0 Å². The van der Waals surface area contributed by atoms with Gasteiger partial charge in [0, 0.05) is 37.3 Å². The molecular formula is C11H10ClN3O. The molecule has 4 nitrogen and oxygen atoms in total. The molecule has 0 N–H and O–H groups in total. The average Bonchev–Trinajstić information content (AvgIpc) is 2.32. The summed E-state index contributed by atoms with van der Waals surface area (Å²) in [6, 6.07) is 5.71. The third-order valence-electron chi connectivity index (χ3n) is 2.21. The van der Waals surface area contributed by atoms with Crippen LogP contribution >= 0.6 is 11.6 Å². The summed E-state index contributed by atoms with van der Waals surface area (Å²) in [4.78, 5) is 19.4. The summed E-state index contributed by atoms with van der Waals surface area (Å²) >= 11 is 5.64. The van der Waals surface area contributed by atoms with Gasteiger partial charge in [0.1, 0.15) is 0 Å². The summed E-state index contributed by atoms with van der Waals surface area (Å²) in [5.41, 5.74) is 0.683. The van der Waals surface area contributed by atoms with Crippen molar-refractivity contribution in [1.29, 1.82) is 0 Å². The Bertz CT molecular complexity index is 524. The van der Waals surface area contributed by atoms with Crippen LogP contribution in [0.4, 0.5) is 0 Å². The van der Waals surface area contributed by atoms with Crippen molar-refractivity contribution in [2.24, 2.45) is 0 Å². The zero-order valence-electron chi connectivity index (χ0n) is 8.51. The van der Waals surface area contributed by atoms with Gasteiger partial charge >= 0.3 is 0 Å². The highest BCUT2D eigenvalue weighted by Crippen LogP contribution is 1.98. The van der Waals surface area contributed by atoms with Crippen LogP contribution in [0.25, 0.3) is 0 Å². The van der Waals surface area contributed by atoms with E-state index in [9.17, 15) is 4.79 Å². The van der Waals surface area contributed by atoms with Crippen LogP contribution in [-0.4, -0.2) is 14.5 Å². The Labute approximate surface area is 97.6 Å². The molecule has 2 aromatic rings. The molecular weight excluding hydrogens is 226 g/mol. The summed E-state index contributed by atoms with van der Waals surface area (Å²) in [6.07, 6.45) is 5.57. The van der Waals surface area contributed by atoms with Crippen molar-refractivity contribution in [2.75, 3.05) is 0 Å². The average molecular weight is 236 g/mol. The lowest BCUT2D eigenvalue weighted by atomic mass is 10.3. The molecule has 82 valence electrons. The summed E-state index contributed by atoms with van der Waals surface area (Å²) in [7, 11) is 0. The Morgan fingerprint density at radius 3 is 2.88 bits per heavy atom. The van der Waals surface area contributed by atoms with Crippen LogP contribution in [0.5, 0.6) is 0 Å². The molecule has 0 fully saturated rings. The van der Waals surface area contributed by atoms with Crippen molar-refractivity contribution >= 4 is 11.6 Å². The maximum absolute atomic E-state index is 11.5. The van der Waals surface area contributed by atoms with Gasteiger partial charge in [-0.1, -0.05) is 17.7 Å². The normalized spacial score (nSPS) is 10.3. The Hall–Kier alpha value is -1.68. The predicted molar refractivity (Wildman–Crippen MR) is 61.4 cm³/mol. The number of aryl methyl sites for hydroxylation is 2. The van der Waals surface area contributed by atoms with E-state index in [0.717, 1.165) is 5.69 Å². The summed E-state index contributed by atoms with van der Waals surface area (Å²) in [6.45, 7) is 0.554. The molecule has 2 heterocycles. The SMILES string of the molecule is O=c1c(Cl)nccn1CCc1ccccn1. The zero-order chi connectivity index (χ0) is 11.4. The second kappa shape index (κ2) is 4.90. The van der Waals surface area contributed by atoms with Gasteiger partial charge in [-0.15, -0.1) is 0 Å². The third-order valence-corrected chi connectivity index (χ3v) is 2.47. The fraction of sp³-hybridized carbons (Fsp3) is 0.182. The molecule has 0 atom stereocenters. The minimum atomic E-state index is -0.264. The van der Waals surface area contributed by atoms with Gasteiger partial charge in [0.25, 0.3) is 5.56 Å². The van der Waals surface area contributed by atoms with E-state index >= 15 is 0 Å². The highest BCUT2D eigenvalue weighted by molar-refractivity contribution is 6.29. The van der Waals surface area contributed by atoms with E-state index in [1.165, 1.54) is 10.8 Å². The molecule has 0 aliphatic carbocycles. The standard InChI is InChI=1S/C11H10ClN3O/c12-10-11(16)15(8-6-14-10)7-4-9-3-1-2-5-13-9/h1-3,5-6,8H,4,7H2. The first-order valence-corrected chi connectivity index (χ1v) is 5.26. The molecule has 0 aromatic carbocycles. The second-order valence-corrected chi connectivity index (χ2v) is 3.65. The number of hydrogen-bond donors (Lipinski definition) is 0. The van der Waals surface area contributed by atoms with Gasteiger partial charge in [0.2, 0.25) is 0 Å². The van der Waals surface area contributed by atoms with Gasteiger partial charge in [0.15, 0.2) is 5.15 Å². The van der Waals surface area contributed by atoms with Gasteiger partial charge in [-0.3, -0.25) is 9.78 Å². The van der Waals surface area contributed by atoms with Gasteiger partial charge < -0.3 is 4.57 Å². The lowest BCUT2D eigenvalue weighted by Gasteiger charge is -2.04. The van der Waals surface area contributed by atoms with E-state index in [1.54, 1.807) is 12.4 Å². The largest absolute Gasteiger partial charge is 0.311 e. The first-order valence-electron chi connectivity index (χ1n) is 4.88. The maximum atomic E-state index is 11.5. The molecule has 0 radical (unpaired) electrons. The molecule has 5 heteroatoms. The number of pyridine rings is 1. The number of hydrogen-bond acceptors (Lipinski definition) is 3. The number of halogens is 1. The van der Waals surface area contributed by atoms with E-state index in [0.29, 0.717) is 13.0 Å². The van der Waals surface area contributed by atoms with Gasteiger partial charge in [-0.05, 0) is 12.1 Å². The van der Waals surface area contributed by atoms with Crippen LogP contribution < -0.4 is 5.56 Å². The molecule has 0 saturated heterocycles. The molecule has 0 aliphatic heterocycles. The Morgan fingerprint density at radius 1 is 1.25 bits per heavy atom. The lowest BCUT2D eigenvalue weighted by molar-refractivity contribution is 0.654. The Morgan fingerprint density at radius 2 is 2.12 bits per heavy atom. The first kappa shape index (κ1) is 10.8. The first-order chi connectivity index (χ1) is 7.77. The third kappa shape index (κ3) is 2.46. The van der Waals surface area contributed by atoms with Crippen molar-refractivity contribution in [2.45, 2.75) is 13.0 Å². The minimum Gasteiger partial charge on any atom is -0.311 e. The fourth-order valence-electron chi connectivity index (χ4n) is 1.38. The Kier molecular flexibility index (Phi) is 3.31. The fourth-order valence-corrected chi connectivity index (χ4v) is 1.54. The minimum absolute atomic E-state index is 0.00326. The highest BCUT2D eigenvalue weighted by Gasteiger charge is 2.01. The highest BCUT2D eigenvalue weighted by atomic mass is 35.5. The molecule has 16 heavy (non-hydrogen) atoms. The zero-order valence-corrected chi connectivity index (χ0v) is 9.26. The van der Waals surface area contributed by atoms with Gasteiger partial charge in [-0.25, -0.2) is 4.98 Å². The summed E-state index contributed by atoms with van der Waals surface area (Å²) in [5, 5.41) is 0.00326. The lowest BCUT2D eigenvalue weighted by Crippen LogP contribution is -2.21. The number of rotatable bonds is 3.